The van der Waals surface area contributed by atoms with Gasteiger partial charge >= 0.3 is 0 Å². The number of fused-ring (bicyclic) bond motifs is 1. The molecule has 0 fully saturated rings. The number of hydrogen-bond donors (Lipinski definition) is 1. The molecule has 7 heteroatoms. The standard InChI is InChI=1S/C15H19N3O3S/c1-9-6-12-7-13(22(16,19)20)4-5-15(12)18(9)8-14-10(2)17-21-11(14)3/h4-5,7,9H,6,8H2,1-3H3,(H2,16,19,20)/t9-/m0/s1. The van der Waals surface area contributed by atoms with Gasteiger partial charge in [-0.15, -0.1) is 0 Å². The molecule has 0 saturated carbocycles. The van der Waals surface area contributed by atoms with Crippen LogP contribution in [0.25, 0.3) is 0 Å². The second-order valence-corrected chi connectivity index (χ2v) is 7.38. The minimum Gasteiger partial charge on any atom is -0.364 e. The number of nitrogens with zero attached hydrogens (tertiary/aromatic N) is 2. The normalized spacial score (nSPS) is 17.8. The zero-order valence-corrected chi connectivity index (χ0v) is 13.6. The molecule has 0 radical (unpaired) electrons. The van der Waals surface area contributed by atoms with E-state index in [4.69, 9.17) is 9.66 Å². The van der Waals surface area contributed by atoms with Gasteiger partial charge in [0, 0.05) is 23.8 Å². The van der Waals surface area contributed by atoms with Crippen molar-refractivity contribution in [1.82, 2.24) is 5.16 Å². The fourth-order valence-corrected chi connectivity index (χ4v) is 3.55. The van der Waals surface area contributed by atoms with Crippen LogP contribution >= 0.6 is 0 Å². The highest BCUT2D eigenvalue weighted by molar-refractivity contribution is 7.89. The number of rotatable bonds is 3. The van der Waals surface area contributed by atoms with Gasteiger partial charge < -0.3 is 9.42 Å². The van der Waals surface area contributed by atoms with Crippen molar-refractivity contribution in [1.29, 1.82) is 0 Å². The van der Waals surface area contributed by atoms with E-state index in [1.807, 2.05) is 19.9 Å². The molecule has 0 unspecified atom stereocenters. The molecule has 0 aliphatic carbocycles. The average Bonchev–Trinajstić information content (AvgIpc) is 2.91. The summed E-state index contributed by atoms with van der Waals surface area (Å²) < 4.78 is 28.2. The molecule has 22 heavy (non-hydrogen) atoms. The van der Waals surface area contributed by atoms with Gasteiger partial charge in [0.25, 0.3) is 0 Å². The van der Waals surface area contributed by atoms with Gasteiger partial charge in [-0.1, -0.05) is 5.16 Å². The van der Waals surface area contributed by atoms with Crippen molar-refractivity contribution >= 4 is 15.7 Å². The van der Waals surface area contributed by atoms with Crippen LogP contribution in [0.2, 0.25) is 0 Å². The van der Waals surface area contributed by atoms with Crippen LogP contribution in [0.5, 0.6) is 0 Å². The minimum atomic E-state index is -3.67. The number of aromatic nitrogens is 1. The van der Waals surface area contributed by atoms with Crippen LogP contribution in [-0.2, 0) is 23.0 Å². The number of hydrogen-bond acceptors (Lipinski definition) is 5. The molecule has 0 amide bonds. The van der Waals surface area contributed by atoms with E-state index < -0.39 is 10.0 Å². The molecule has 1 aromatic heterocycles. The summed E-state index contributed by atoms with van der Waals surface area (Å²) in [5.74, 6) is 0.819. The Morgan fingerprint density at radius 2 is 2.14 bits per heavy atom. The lowest BCUT2D eigenvalue weighted by molar-refractivity contribution is 0.392. The highest BCUT2D eigenvalue weighted by Gasteiger charge is 2.28. The maximum Gasteiger partial charge on any atom is 0.238 e. The molecule has 2 N–H and O–H groups in total. The van der Waals surface area contributed by atoms with Gasteiger partial charge in [-0.25, -0.2) is 13.6 Å². The third kappa shape index (κ3) is 2.50. The number of nitrogens with two attached hydrogens (primary N) is 1. The molecule has 1 aliphatic heterocycles. The monoisotopic (exact) mass is 321 g/mol. The van der Waals surface area contributed by atoms with E-state index in [1.165, 1.54) is 0 Å². The molecular weight excluding hydrogens is 302 g/mol. The van der Waals surface area contributed by atoms with E-state index in [-0.39, 0.29) is 10.9 Å². The van der Waals surface area contributed by atoms with Crippen LogP contribution in [0.1, 0.15) is 29.5 Å². The molecule has 2 aromatic rings. The van der Waals surface area contributed by atoms with Crippen LogP contribution < -0.4 is 10.0 Å². The Hall–Kier alpha value is -1.86. The van der Waals surface area contributed by atoms with Crippen molar-refractivity contribution in [3.05, 3.63) is 40.8 Å². The zero-order chi connectivity index (χ0) is 16.1. The lowest BCUT2D eigenvalue weighted by atomic mass is 10.1. The van der Waals surface area contributed by atoms with Gasteiger partial charge in [-0.2, -0.15) is 0 Å². The predicted octanol–water partition coefficient (Wildman–Crippen LogP) is 1.89. The second kappa shape index (κ2) is 5.10. The summed E-state index contributed by atoms with van der Waals surface area (Å²) >= 11 is 0. The Morgan fingerprint density at radius 1 is 1.41 bits per heavy atom. The third-order valence-electron chi connectivity index (χ3n) is 4.25. The number of sulfonamides is 1. The Bertz CT molecular complexity index is 807. The largest absolute Gasteiger partial charge is 0.364 e. The predicted molar refractivity (Wildman–Crippen MR) is 83.1 cm³/mol. The number of primary sulfonamides is 1. The summed E-state index contributed by atoms with van der Waals surface area (Å²) in [6.07, 6.45) is 0.794. The fraction of sp³-hybridized carbons (Fsp3) is 0.400. The molecule has 1 aliphatic rings. The van der Waals surface area contributed by atoms with Gasteiger partial charge in [0.15, 0.2) is 0 Å². The van der Waals surface area contributed by atoms with Crippen molar-refractivity contribution in [2.24, 2.45) is 5.14 Å². The summed E-state index contributed by atoms with van der Waals surface area (Å²) in [4.78, 5) is 2.41. The first-order chi connectivity index (χ1) is 10.3. The van der Waals surface area contributed by atoms with E-state index in [9.17, 15) is 8.42 Å². The average molecular weight is 321 g/mol. The first kappa shape index (κ1) is 15.1. The lowest BCUT2D eigenvalue weighted by Crippen LogP contribution is -2.29. The summed E-state index contributed by atoms with van der Waals surface area (Å²) in [7, 11) is -3.67. The van der Waals surface area contributed by atoms with E-state index in [0.29, 0.717) is 6.54 Å². The van der Waals surface area contributed by atoms with Crippen molar-refractivity contribution in [3.63, 3.8) is 0 Å². The minimum absolute atomic E-state index is 0.164. The van der Waals surface area contributed by atoms with Gasteiger partial charge in [-0.3, -0.25) is 0 Å². The van der Waals surface area contributed by atoms with Crippen LogP contribution in [0.4, 0.5) is 5.69 Å². The van der Waals surface area contributed by atoms with Crippen LogP contribution in [0.3, 0.4) is 0 Å². The zero-order valence-electron chi connectivity index (χ0n) is 12.8. The van der Waals surface area contributed by atoms with Gasteiger partial charge in [0.1, 0.15) is 5.76 Å². The molecule has 6 nitrogen and oxygen atoms in total. The van der Waals surface area contributed by atoms with Crippen LogP contribution in [-0.4, -0.2) is 19.6 Å². The summed E-state index contributed by atoms with van der Waals surface area (Å²) in [6.45, 7) is 6.65. The Balaban J connectivity index is 1.97. The maximum atomic E-state index is 11.5. The summed E-state index contributed by atoms with van der Waals surface area (Å²) in [6, 6.07) is 5.34. The third-order valence-corrected chi connectivity index (χ3v) is 5.16. The van der Waals surface area contributed by atoms with Gasteiger partial charge in [0.05, 0.1) is 10.6 Å². The Labute approximate surface area is 129 Å². The van der Waals surface area contributed by atoms with Crippen molar-refractivity contribution < 1.29 is 12.9 Å². The number of aryl methyl sites for hydroxylation is 2. The SMILES string of the molecule is Cc1noc(C)c1CN1c2ccc(S(N)(=O)=O)cc2C[C@@H]1C. The molecule has 0 saturated heterocycles. The second-order valence-electron chi connectivity index (χ2n) is 5.82. The van der Waals surface area contributed by atoms with Crippen LogP contribution in [0, 0.1) is 13.8 Å². The van der Waals surface area contributed by atoms with Gasteiger partial charge in [0.2, 0.25) is 10.0 Å². The first-order valence-electron chi connectivity index (χ1n) is 7.11. The molecule has 3 rings (SSSR count). The molecule has 0 bridgehead atoms. The highest BCUT2D eigenvalue weighted by Crippen LogP contribution is 2.35. The van der Waals surface area contributed by atoms with Gasteiger partial charge in [-0.05, 0) is 51.0 Å². The van der Waals surface area contributed by atoms with Crippen molar-refractivity contribution in [2.75, 3.05) is 4.90 Å². The Morgan fingerprint density at radius 3 is 2.73 bits per heavy atom. The van der Waals surface area contributed by atoms with E-state index in [2.05, 4.69) is 17.0 Å². The molecule has 118 valence electrons. The smallest absolute Gasteiger partial charge is 0.238 e. The topological polar surface area (TPSA) is 89.4 Å². The number of anilines is 1. The van der Waals surface area contributed by atoms with E-state index in [0.717, 1.165) is 34.7 Å². The number of benzene rings is 1. The molecule has 1 aromatic carbocycles. The molecule has 2 heterocycles. The van der Waals surface area contributed by atoms with Crippen molar-refractivity contribution in [3.8, 4) is 0 Å². The first-order valence-corrected chi connectivity index (χ1v) is 8.66. The molecule has 1 atom stereocenters. The highest BCUT2D eigenvalue weighted by atomic mass is 32.2. The fourth-order valence-electron chi connectivity index (χ4n) is 2.99. The Kier molecular flexibility index (Phi) is 3.49. The van der Waals surface area contributed by atoms with E-state index >= 15 is 0 Å². The lowest BCUT2D eigenvalue weighted by Gasteiger charge is -2.24. The summed E-state index contributed by atoms with van der Waals surface area (Å²) in [5, 5.41) is 9.20. The van der Waals surface area contributed by atoms with Crippen LogP contribution in [0.15, 0.2) is 27.6 Å². The molecular formula is C15H19N3O3S. The molecule has 0 spiro atoms. The maximum absolute atomic E-state index is 11.5. The summed E-state index contributed by atoms with van der Waals surface area (Å²) in [5.41, 5.74) is 4.01. The van der Waals surface area contributed by atoms with Crippen molar-refractivity contribution in [2.45, 2.75) is 44.7 Å². The quantitative estimate of drug-likeness (QED) is 0.932. The van der Waals surface area contributed by atoms with E-state index in [1.54, 1.807) is 12.1 Å².